The van der Waals surface area contributed by atoms with Gasteiger partial charge in [-0.3, -0.25) is 4.98 Å². The first kappa shape index (κ1) is 7.36. The molecule has 4 heteroatoms. The Morgan fingerprint density at radius 1 is 1.58 bits per heavy atom. The average molecular weight is 165 g/mol. The maximum atomic E-state index is 5.70. The van der Waals surface area contributed by atoms with E-state index in [-0.39, 0.29) is 0 Å². The van der Waals surface area contributed by atoms with Crippen LogP contribution in [0.15, 0.2) is 18.5 Å². The topological polar surface area (TPSA) is 60.2 Å². The third-order valence-electron chi connectivity index (χ3n) is 1.85. The van der Waals surface area contributed by atoms with Crippen LogP contribution in [-0.4, -0.2) is 24.2 Å². The molecule has 1 aromatic heterocycles. The van der Waals surface area contributed by atoms with Gasteiger partial charge in [0.15, 0.2) is 0 Å². The minimum atomic E-state index is 0.400. The van der Waals surface area contributed by atoms with Crippen molar-refractivity contribution in [3.8, 4) is 0 Å². The van der Waals surface area contributed by atoms with Gasteiger partial charge < -0.3 is 15.8 Å². The summed E-state index contributed by atoms with van der Waals surface area (Å²) in [6.07, 6.45) is 3.41. The second-order valence-electron chi connectivity index (χ2n) is 2.84. The SMILES string of the molecule is Nc1ccncc1NC1COC1. The highest BCUT2D eigenvalue weighted by molar-refractivity contribution is 5.64. The van der Waals surface area contributed by atoms with Crippen molar-refractivity contribution < 1.29 is 4.74 Å². The molecule has 3 N–H and O–H groups in total. The van der Waals surface area contributed by atoms with Crippen LogP contribution < -0.4 is 11.1 Å². The molecule has 0 amide bonds. The van der Waals surface area contributed by atoms with Gasteiger partial charge in [-0.05, 0) is 6.07 Å². The number of hydrogen-bond acceptors (Lipinski definition) is 4. The Kier molecular flexibility index (Phi) is 1.83. The van der Waals surface area contributed by atoms with Gasteiger partial charge in [0, 0.05) is 6.20 Å². The van der Waals surface area contributed by atoms with Crippen LogP contribution in [0.3, 0.4) is 0 Å². The molecule has 4 nitrogen and oxygen atoms in total. The molecule has 1 aromatic rings. The Morgan fingerprint density at radius 3 is 3.00 bits per heavy atom. The minimum Gasteiger partial charge on any atom is -0.397 e. The summed E-state index contributed by atoms with van der Waals surface area (Å²) in [5.41, 5.74) is 7.33. The fourth-order valence-corrected chi connectivity index (χ4v) is 1.06. The van der Waals surface area contributed by atoms with Crippen LogP contribution in [-0.2, 0) is 4.74 Å². The predicted molar refractivity (Wildman–Crippen MR) is 46.9 cm³/mol. The maximum Gasteiger partial charge on any atom is 0.0764 e. The van der Waals surface area contributed by atoms with E-state index in [1.165, 1.54) is 0 Å². The molecular formula is C8H11N3O. The van der Waals surface area contributed by atoms with E-state index in [1.54, 1.807) is 18.5 Å². The molecule has 1 saturated heterocycles. The largest absolute Gasteiger partial charge is 0.397 e. The van der Waals surface area contributed by atoms with E-state index in [0.29, 0.717) is 6.04 Å². The molecule has 1 fully saturated rings. The number of rotatable bonds is 2. The molecule has 0 aromatic carbocycles. The van der Waals surface area contributed by atoms with E-state index in [1.807, 2.05) is 0 Å². The normalized spacial score (nSPS) is 17.0. The number of hydrogen-bond donors (Lipinski definition) is 2. The zero-order chi connectivity index (χ0) is 8.39. The zero-order valence-electron chi connectivity index (χ0n) is 6.66. The Morgan fingerprint density at radius 2 is 2.42 bits per heavy atom. The van der Waals surface area contributed by atoms with Gasteiger partial charge in [0.25, 0.3) is 0 Å². The Labute approximate surface area is 70.7 Å². The summed E-state index contributed by atoms with van der Waals surface area (Å²) in [5, 5.41) is 3.23. The Bertz CT molecular complexity index is 273. The second-order valence-corrected chi connectivity index (χ2v) is 2.84. The second kappa shape index (κ2) is 2.98. The molecule has 0 aliphatic carbocycles. The number of aromatic nitrogens is 1. The van der Waals surface area contributed by atoms with E-state index in [2.05, 4.69) is 10.3 Å². The number of nitrogens with one attached hydrogen (secondary N) is 1. The Balaban J connectivity index is 2.06. The molecule has 0 atom stereocenters. The average Bonchev–Trinajstić information content (AvgIpc) is 2.00. The van der Waals surface area contributed by atoms with Gasteiger partial charge in [-0.15, -0.1) is 0 Å². The van der Waals surface area contributed by atoms with Crippen molar-refractivity contribution in [2.24, 2.45) is 0 Å². The van der Waals surface area contributed by atoms with Crippen molar-refractivity contribution >= 4 is 11.4 Å². The molecule has 0 bridgehead atoms. The van der Waals surface area contributed by atoms with E-state index >= 15 is 0 Å². The molecular weight excluding hydrogens is 154 g/mol. The van der Waals surface area contributed by atoms with Crippen LogP contribution in [0.1, 0.15) is 0 Å². The summed E-state index contributed by atoms with van der Waals surface area (Å²) in [6, 6.07) is 2.18. The molecule has 0 saturated carbocycles. The molecule has 64 valence electrons. The van der Waals surface area contributed by atoms with E-state index in [0.717, 1.165) is 24.6 Å². The summed E-state index contributed by atoms with van der Waals surface area (Å²) < 4.78 is 5.02. The van der Waals surface area contributed by atoms with Crippen LogP contribution in [0, 0.1) is 0 Å². The lowest BCUT2D eigenvalue weighted by molar-refractivity contribution is 0.0211. The molecule has 0 radical (unpaired) electrons. The minimum absolute atomic E-state index is 0.400. The summed E-state index contributed by atoms with van der Waals surface area (Å²) in [6.45, 7) is 1.52. The van der Waals surface area contributed by atoms with Crippen LogP contribution in [0.4, 0.5) is 11.4 Å². The van der Waals surface area contributed by atoms with Crippen LogP contribution >= 0.6 is 0 Å². The first-order chi connectivity index (χ1) is 5.86. The first-order valence-electron chi connectivity index (χ1n) is 3.90. The molecule has 1 aliphatic heterocycles. The Hall–Kier alpha value is -1.29. The first-order valence-corrected chi connectivity index (χ1v) is 3.90. The molecule has 12 heavy (non-hydrogen) atoms. The van der Waals surface area contributed by atoms with Gasteiger partial charge in [-0.1, -0.05) is 0 Å². The summed E-state index contributed by atoms with van der Waals surface area (Å²) in [5.74, 6) is 0. The predicted octanol–water partition coefficient (Wildman–Crippen LogP) is 0.474. The highest BCUT2D eigenvalue weighted by Crippen LogP contribution is 2.18. The van der Waals surface area contributed by atoms with Crippen LogP contribution in [0.5, 0.6) is 0 Å². The lowest BCUT2D eigenvalue weighted by Crippen LogP contribution is -2.40. The fourth-order valence-electron chi connectivity index (χ4n) is 1.06. The third kappa shape index (κ3) is 1.33. The molecule has 2 rings (SSSR count). The van der Waals surface area contributed by atoms with E-state index in [9.17, 15) is 0 Å². The van der Waals surface area contributed by atoms with Crippen LogP contribution in [0.2, 0.25) is 0 Å². The third-order valence-corrected chi connectivity index (χ3v) is 1.85. The number of nitrogen functional groups attached to an aromatic ring is 1. The fraction of sp³-hybridized carbons (Fsp3) is 0.375. The lowest BCUT2D eigenvalue weighted by atomic mass is 10.2. The summed E-state index contributed by atoms with van der Waals surface area (Å²) >= 11 is 0. The van der Waals surface area contributed by atoms with Crippen molar-refractivity contribution in [3.05, 3.63) is 18.5 Å². The van der Waals surface area contributed by atoms with Gasteiger partial charge in [-0.2, -0.15) is 0 Å². The van der Waals surface area contributed by atoms with E-state index in [4.69, 9.17) is 10.5 Å². The number of anilines is 2. The lowest BCUT2D eigenvalue weighted by Gasteiger charge is -2.28. The maximum absolute atomic E-state index is 5.70. The van der Waals surface area contributed by atoms with Gasteiger partial charge in [0.2, 0.25) is 0 Å². The van der Waals surface area contributed by atoms with Gasteiger partial charge in [-0.25, -0.2) is 0 Å². The number of ether oxygens (including phenoxy) is 1. The van der Waals surface area contributed by atoms with Crippen molar-refractivity contribution in [2.45, 2.75) is 6.04 Å². The monoisotopic (exact) mass is 165 g/mol. The van der Waals surface area contributed by atoms with Gasteiger partial charge in [0.1, 0.15) is 0 Å². The molecule has 1 aliphatic rings. The quantitative estimate of drug-likeness (QED) is 0.669. The molecule has 2 heterocycles. The number of pyridine rings is 1. The highest BCUT2D eigenvalue weighted by Gasteiger charge is 2.18. The van der Waals surface area contributed by atoms with Crippen molar-refractivity contribution in [3.63, 3.8) is 0 Å². The molecule has 0 unspecified atom stereocenters. The molecule has 0 spiro atoms. The summed E-state index contributed by atoms with van der Waals surface area (Å²) in [7, 11) is 0. The smallest absolute Gasteiger partial charge is 0.0764 e. The van der Waals surface area contributed by atoms with Crippen LogP contribution in [0.25, 0.3) is 0 Å². The highest BCUT2D eigenvalue weighted by atomic mass is 16.5. The number of nitrogens with zero attached hydrogens (tertiary/aromatic N) is 1. The standard InChI is InChI=1S/C8H11N3O/c9-7-1-2-10-3-8(7)11-6-4-12-5-6/h1-3,6,11H,4-5H2,(H2,9,10). The van der Waals surface area contributed by atoms with Crippen molar-refractivity contribution in [1.29, 1.82) is 0 Å². The van der Waals surface area contributed by atoms with E-state index < -0.39 is 0 Å². The van der Waals surface area contributed by atoms with Crippen molar-refractivity contribution in [1.82, 2.24) is 4.98 Å². The summed E-state index contributed by atoms with van der Waals surface area (Å²) in [4.78, 5) is 3.97. The van der Waals surface area contributed by atoms with Gasteiger partial charge >= 0.3 is 0 Å². The zero-order valence-corrected chi connectivity index (χ0v) is 6.66. The van der Waals surface area contributed by atoms with Gasteiger partial charge in [0.05, 0.1) is 36.8 Å². The van der Waals surface area contributed by atoms with Crippen molar-refractivity contribution in [2.75, 3.05) is 24.3 Å². The number of nitrogens with two attached hydrogens (primary N) is 1.